The number of hydrogen-bond donors (Lipinski definition) is 0. The second kappa shape index (κ2) is 6.75. The molecule has 0 radical (unpaired) electrons. The molecule has 0 fully saturated rings. The van der Waals surface area contributed by atoms with Crippen LogP contribution in [0.5, 0.6) is 5.75 Å². The molecule has 3 heteroatoms. The molecule has 0 N–H and O–H groups in total. The predicted molar refractivity (Wildman–Crippen MR) is 58.2 cm³/mol. The van der Waals surface area contributed by atoms with E-state index in [1.165, 1.54) is 5.56 Å². The molecule has 0 unspecified atom stereocenters. The van der Waals surface area contributed by atoms with Gasteiger partial charge in [0, 0.05) is 10.9 Å². The normalized spacial score (nSPS) is 8.83. The van der Waals surface area contributed by atoms with Gasteiger partial charge >= 0.3 is 23.1 Å². The summed E-state index contributed by atoms with van der Waals surface area (Å²) in [5.41, 5.74) is 1.20. The fourth-order valence-electron chi connectivity index (χ4n) is 0.911. The Kier molecular flexibility index (Phi) is 6.90. The minimum atomic E-state index is 0. The van der Waals surface area contributed by atoms with Crippen LogP contribution in [0.4, 0.5) is 0 Å². The zero-order chi connectivity index (χ0) is 8.10. The Hall–Kier alpha value is 0.266. The quantitative estimate of drug-likeness (QED) is 0.584. The van der Waals surface area contributed by atoms with Gasteiger partial charge in [-0.2, -0.15) is 0 Å². The minimum Gasteiger partial charge on any atom is -1.00 e. The van der Waals surface area contributed by atoms with Gasteiger partial charge in [0.15, 0.2) is 0 Å². The van der Waals surface area contributed by atoms with Gasteiger partial charge in [0.2, 0.25) is 0 Å². The van der Waals surface area contributed by atoms with Crippen molar-refractivity contribution in [1.82, 2.24) is 0 Å². The van der Waals surface area contributed by atoms with Gasteiger partial charge in [-0.1, -0.05) is 34.1 Å². The van der Waals surface area contributed by atoms with Crippen molar-refractivity contribution in [3.8, 4) is 5.75 Å². The third kappa shape index (κ3) is 3.33. The van der Waals surface area contributed by atoms with Gasteiger partial charge < -0.3 is 7.59 Å². The first kappa shape index (κ1) is 12.3. The van der Waals surface area contributed by atoms with Crippen LogP contribution in [0.3, 0.4) is 0 Å². The van der Waals surface area contributed by atoms with Crippen LogP contribution in [0, 0.1) is 0 Å². The molecule has 0 amide bonds. The average molecular weight is 241 g/mol. The predicted octanol–water partition coefficient (Wildman–Crippen LogP) is 2.82. The molecule has 0 heterocycles. The van der Waals surface area contributed by atoms with Crippen LogP contribution in [0.1, 0.15) is 15.3 Å². The van der Waals surface area contributed by atoms with Gasteiger partial charge in [0.1, 0.15) is 5.75 Å². The van der Waals surface area contributed by atoms with E-state index in [0.29, 0.717) is 0 Å². The van der Waals surface area contributed by atoms with Crippen LogP contribution in [0.2, 0.25) is 0 Å². The molecule has 0 aliphatic rings. The zero-order valence-electron chi connectivity index (χ0n) is 9.22. The van der Waals surface area contributed by atoms with E-state index >= 15 is 0 Å². The molecule has 0 saturated carbocycles. The SMILES string of the molecule is CCOc1ccccc1CBr.[H-].[H-].[Mg+2]. The molecule has 0 bridgehead atoms. The van der Waals surface area contributed by atoms with E-state index in [9.17, 15) is 0 Å². The van der Waals surface area contributed by atoms with Crippen molar-refractivity contribution in [3.05, 3.63) is 29.8 Å². The van der Waals surface area contributed by atoms with Crippen molar-refractivity contribution in [2.45, 2.75) is 12.3 Å². The maximum absolute atomic E-state index is 5.40. The van der Waals surface area contributed by atoms with E-state index in [4.69, 9.17) is 4.74 Å². The van der Waals surface area contributed by atoms with Crippen molar-refractivity contribution in [3.63, 3.8) is 0 Å². The second-order valence-electron chi connectivity index (χ2n) is 2.17. The summed E-state index contributed by atoms with van der Waals surface area (Å²) < 4.78 is 5.40. The molecular weight excluding hydrogens is 228 g/mol. The zero-order valence-corrected chi connectivity index (χ0v) is 10.2. The van der Waals surface area contributed by atoms with Gasteiger partial charge in [-0.25, -0.2) is 0 Å². The summed E-state index contributed by atoms with van der Waals surface area (Å²) in [5, 5.41) is 0.850. The van der Waals surface area contributed by atoms with Crippen LogP contribution in [-0.4, -0.2) is 29.7 Å². The molecular formula is C9H13BrMgO. The first-order chi connectivity index (χ1) is 5.38. The second-order valence-corrected chi connectivity index (χ2v) is 2.74. The Morgan fingerprint density at radius 2 is 2.08 bits per heavy atom. The summed E-state index contributed by atoms with van der Waals surface area (Å²) >= 11 is 3.40. The topological polar surface area (TPSA) is 9.23 Å². The van der Waals surface area contributed by atoms with Crippen molar-refractivity contribution < 1.29 is 7.59 Å². The van der Waals surface area contributed by atoms with E-state index in [0.717, 1.165) is 17.7 Å². The number of ether oxygens (including phenoxy) is 1. The number of alkyl halides is 1. The van der Waals surface area contributed by atoms with Crippen molar-refractivity contribution >= 4 is 39.0 Å². The molecule has 0 spiro atoms. The monoisotopic (exact) mass is 240 g/mol. The molecule has 64 valence electrons. The maximum atomic E-state index is 5.40. The summed E-state index contributed by atoms with van der Waals surface area (Å²) in [6, 6.07) is 8.04. The van der Waals surface area contributed by atoms with E-state index in [2.05, 4.69) is 22.0 Å². The fraction of sp³-hybridized carbons (Fsp3) is 0.333. The van der Waals surface area contributed by atoms with Crippen LogP contribution < -0.4 is 4.74 Å². The summed E-state index contributed by atoms with van der Waals surface area (Å²) in [6.07, 6.45) is 0. The maximum Gasteiger partial charge on any atom is 2.00 e. The minimum absolute atomic E-state index is 0. The Labute approximate surface area is 101 Å². The van der Waals surface area contributed by atoms with E-state index in [1.54, 1.807) is 0 Å². The fourth-order valence-corrected chi connectivity index (χ4v) is 1.37. The Morgan fingerprint density at radius 1 is 1.42 bits per heavy atom. The molecule has 0 aromatic heterocycles. The number of halogens is 1. The molecule has 0 saturated heterocycles. The van der Waals surface area contributed by atoms with E-state index in [-0.39, 0.29) is 25.9 Å². The average Bonchev–Trinajstić information content (AvgIpc) is 2.06. The smallest absolute Gasteiger partial charge is 1.00 e. The van der Waals surface area contributed by atoms with Gasteiger partial charge in [-0.15, -0.1) is 0 Å². The van der Waals surface area contributed by atoms with Crippen molar-refractivity contribution in [2.75, 3.05) is 6.61 Å². The largest absolute Gasteiger partial charge is 2.00 e. The number of hydrogen-bond acceptors (Lipinski definition) is 1. The third-order valence-electron chi connectivity index (χ3n) is 1.42. The van der Waals surface area contributed by atoms with Gasteiger partial charge in [-0.05, 0) is 13.0 Å². The molecule has 0 aliphatic carbocycles. The van der Waals surface area contributed by atoms with Crippen LogP contribution in [-0.2, 0) is 5.33 Å². The molecule has 1 aromatic carbocycles. The van der Waals surface area contributed by atoms with Crippen molar-refractivity contribution in [1.29, 1.82) is 0 Å². The molecule has 1 rings (SSSR count). The summed E-state index contributed by atoms with van der Waals surface area (Å²) in [5.74, 6) is 0.979. The summed E-state index contributed by atoms with van der Waals surface area (Å²) in [4.78, 5) is 0. The number of para-hydroxylation sites is 1. The summed E-state index contributed by atoms with van der Waals surface area (Å²) in [6.45, 7) is 2.72. The van der Waals surface area contributed by atoms with Gasteiger partial charge in [0.25, 0.3) is 0 Å². The van der Waals surface area contributed by atoms with Crippen LogP contribution in [0.25, 0.3) is 0 Å². The number of benzene rings is 1. The molecule has 1 aromatic rings. The Balaban J connectivity index is -0.000000403. The first-order valence-corrected chi connectivity index (χ1v) is 4.77. The van der Waals surface area contributed by atoms with Crippen molar-refractivity contribution in [2.24, 2.45) is 0 Å². The molecule has 0 aliphatic heterocycles. The summed E-state index contributed by atoms with van der Waals surface area (Å²) in [7, 11) is 0. The molecule has 1 nitrogen and oxygen atoms in total. The number of rotatable bonds is 3. The first-order valence-electron chi connectivity index (χ1n) is 3.65. The van der Waals surface area contributed by atoms with Gasteiger partial charge in [-0.3, -0.25) is 0 Å². The standard InChI is InChI=1S/C9H11BrO.Mg.2H/c1-2-11-9-6-4-3-5-8(9)7-10;;;/h3-6H,2,7H2,1H3;;;/q;+2;2*-1. The molecule has 0 atom stereocenters. The Bertz CT molecular complexity index is 236. The molecule has 12 heavy (non-hydrogen) atoms. The third-order valence-corrected chi connectivity index (χ3v) is 2.02. The van der Waals surface area contributed by atoms with Crippen LogP contribution >= 0.6 is 15.9 Å². The Morgan fingerprint density at radius 3 is 2.67 bits per heavy atom. The van der Waals surface area contributed by atoms with Crippen LogP contribution in [0.15, 0.2) is 24.3 Å². The van der Waals surface area contributed by atoms with E-state index in [1.807, 2.05) is 25.1 Å². The van der Waals surface area contributed by atoms with Gasteiger partial charge in [0.05, 0.1) is 6.61 Å². The van der Waals surface area contributed by atoms with E-state index < -0.39 is 0 Å².